The van der Waals surface area contributed by atoms with Crippen LogP contribution in [0.15, 0.2) is 66.7 Å². The van der Waals surface area contributed by atoms with Gasteiger partial charge < -0.3 is 20.7 Å². The van der Waals surface area contributed by atoms with Gasteiger partial charge in [-0.25, -0.2) is 0 Å². The summed E-state index contributed by atoms with van der Waals surface area (Å²) in [6.07, 6.45) is 0. The largest absolute Gasteiger partial charge is 0.495 e. The molecule has 6 nitrogen and oxygen atoms in total. The first-order valence-electron chi connectivity index (χ1n) is 9.71. The van der Waals surface area contributed by atoms with E-state index in [-0.39, 0.29) is 11.8 Å². The van der Waals surface area contributed by atoms with Crippen LogP contribution in [0, 0.1) is 6.92 Å². The Morgan fingerprint density at radius 1 is 0.935 bits per heavy atom. The van der Waals surface area contributed by atoms with Crippen molar-refractivity contribution in [1.29, 1.82) is 0 Å². The number of hydrogen-bond donors (Lipinski definition) is 3. The lowest BCUT2D eigenvalue weighted by molar-refractivity contribution is -0.117. The molecule has 1 atom stereocenters. The van der Waals surface area contributed by atoms with Gasteiger partial charge in [0.1, 0.15) is 11.8 Å². The zero-order valence-corrected chi connectivity index (χ0v) is 18.3. The third kappa shape index (κ3) is 5.77. The normalized spacial score (nSPS) is 11.4. The van der Waals surface area contributed by atoms with E-state index in [0.29, 0.717) is 27.8 Å². The Balaban J connectivity index is 1.89. The molecule has 3 rings (SSSR count). The number of hydrogen-bond acceptors (Lipinski definition) is 4. The lowest BCUT2D eigenvalue weighted by Crippen LogP contribution is -2.27. The van der Waals surface area contributed by atoms with Crippen LogP contribution in [-0.4, -0.2) is 18.9 Å². The van der Waals surface area contributed by atoms with Crippen LogP contribution < -0.4 is 20.7 Å². The average Bonchev–Trinajstić information content (AvgIpc) is 2.74. The number of anilines is 3. The van der Waals surface area contributed by atoms with Gasteiger partial charge in [0, 0.05) is 12.6 Å². The lowest BCUT2D eigenvalue weighted by atomic mass is 10.1. The van der Waals surface area contributed by atoms with Crippen molar-refractivity contribution >= 4 is 40.5 Å². The molecule has 0 spiro atoms. The first-order chi connectivity index (χ1) is 14.9. The van der Waals surface area contributed by atoms with Crippen molar-refractivity contribution in [3.05, 3.63) is 82.9 Å². The summed E-state index contributed by atoms with van der Waals surface area (Å²) in [6, 6.07) is 19.4. The van der Waals surface area contributed by atoms with Gasteiger partial charge in [0.05, 0.1) is 23.5 Å². The van der Waals surface area contributed by atoms with Crippen molar-refractivity contribution in [2.45, 2.75) is 19.9 Å². The summed E-state index contributed by atoms with van der Waals surface area (Å²) in [7, 11) is 1.56. The zero-order chi connectivity index (χ0) is 22.4. The minimum atomic E-state index is -0.686. The highest BCUT2D eigenvalue weighted by Crippen LogP contribution is 2.30. The Labute approximate surface area is 186 Å². The molecule has 0 saturated carbocycles. The summed E-state index contributed by atoms with van der Waals surface area (Å²) in [4.78, 5) is 24.6. The zero-order valence-electron chi connectivity index (χ0n) is 17.5. The topological polar surface area (TPSA) is 79.5 Å². The summed E-state index contributed by atoms with van der Waals surface area (Å²) in [5.41, 5.74) is 3.52. The number of carbonyl (C=O) groups excluding carboxylic acids is 2. The van der Waals surface area contributed by atoms with Crippen molar-refractivity contribution in [3.63, 3.8) is 0 Å². The highest BCUT2D eigenvalue weighted by Gasteiger charge is 2.22. The maximum absolute atomic E-state index is 13.3. The lowest BCUT2D eigenvalue weighted by Gasteiger charge is -2.21. The maximum atomic E-state index is 13.3. The van der Waals surface area contributed by atoms with Gasteiger partial charge in [0.2, 0.25) is 5.91 Å². The molecule has 0 aromatic heterocycles. The van der Waals surface area contributed by atoms with Crippen LogP contribution in [0.2, 0.25) is 5.02 Å². The molecule has 0 fully saturated rings. The molecule has 0 heterocycles. The molecule has 0 radical (unpaired) electrons. The summed E-state index contributed by atoms with van der Waals surface area (Å²) in [6.45, 7) is 3.36. The molecule has 160 valence electrons. The fourth-order valence-corrected chi connectivity index (χ4v) is 3.36. The molecular formula is C24H24ClN3O3. The monoisotopic (exact) mass is 437 g/mol. The van der Waals surface area contributed by atoms with E-state index >= 15 is 0 Å². The molecule has 31 heavy (non-hydrogen) atoms. The van der Waals surface area contributed by atoms with E-state index in [1.54, 1.807) is 25.3 Å². The van der Waals surface area contributed by atoms with Gasteiger partial charge in [-0.2, -0.15) is 0 Å². The molecule has 0 saturated heterocycles. The van der Waals surface area contributed by atoms with Gasteiger partial charge in [-0.3, -0.25) is 9.59 Å². The summed E-state index contributed by atoms with van der Waals surface area (Å²) >= 11 is 6.30. The standard InChI is InChI=1S/C24H24ClN3O3/c1-15-9-12-22(31-3)21(13-15)28-24(30)23(17-7-5-4-6-8-17)27-18-10-11-20(19(25)14-18)26-16(2)29/h4-14,23,27H,1-3H3,(H,26,29)(H,28,30). The third-order valence-corrected chi connectivity index (χ3v) is 4.91. The van der Waals surface area contributed by atoms with Crippen molar-refractivity contribution < 1.29 is 14.3 Å². The molecule has 3 aromatic carbocycles. The van der Waals surface area contributed by atoms with E-state index in [9.17, 15) is 9.59 Å². The number of aryl methyl sites for hydroxylation is 1. The Bertz CT molecular complexity index is 1090. The fraction of sp³-hybridized carbons (Fsp3) is 0.167. The number of rotatable bonds is 7. The second-order valence-electron chi connectivity index (χ2n) is 7.06. The number of carbonyl (C=O) groups is 2. The van der Waals surface area contributed by atoms with Crippen LogP contribution in [-0.2, 0) is 9.59 Å². The summed E-state index contributed by atoms with van der Waals surface area (Å²) in [5, 5.41) is 9.23. The van der Waals surface area contributed by atoms with Gasteiger partial charge in [-0.15, -0.1) is 0 Å². The van der Waals surface area contributed by atoms with Crippen LogP contribution in [0.3, 0.4) is 0 Å². The van der Waals surface area contributed by atoms with E-state index in [1.165, 1.54) is 6.92 Å². The molecule has 3 aromatic rings. The van der Waals surface area contributed by atoms with E-state index in [4.69, 9.17) is 16.3 Å². The molecule has 7 heteroatoms. The second kappa shape index (κ2) is 10.00. The second-order valence-corrected chi connectivity index (χ2v) is 7.46. The fourth-order valence-electron chi connectivity index (χ4n) is 3.13. The summed E-state index contributed by atoms with van der Waals surface area (Å²) < 4.78 is 5.38. The highest BCUT2D eigenvalue weighted by atomic mass is 35.5. The van der Waals surface area contributed by atoms with Gasteiger partial charge in [-0.1, -0.05) is 48.0 Å². The smallest absolute Gasteiger partial charge is 0.251 e. The number of benzene rings is 3. The van der Waals surface area contributed by atoms with E-state index in [0.717, 1.165) is 11.1 Å². The van der Waals surface area contributed by atoms with Crippen LogP contribution in [0.5, 0.6) is 5.75 Å². The minimum Gasteiger partial charge on any atom is -0.495 e. The Morgan fingerprint density at radius 2 is 1.68 bits per heavy atom. The number of ether oxygens (including phenoxy) is 1. The van der Waals surface area contributed by atoms with Crippen molar-refractivity contribution in [2.24, 2.45) is 0 Å². The number of halogens is 1. The minimum absolute atomic E-state index is 0.212. The van der Waals surface area contributed by atoms with E-state index in [2.05, 4.69) is 16.0 Å². The molecule has 3 N–H and O–H groups in total. The summed E-state index contributed by atoms with van der Waals surface area (Å²) in [5.74, 6) is 0.113. The first kappa shape index (κ1) is 22.2. The van der Waals surface area contributed by atoms with Crippen LogP contribution >= 0.6 is 11.6 Å². The number of amides is 2. The van der Waals surface area contributed by atoms with Crippen molar-refractivity contribution in [2.75, 3.05) is 23.1 Å². The van der Waals surface area contributed by atoms with E-state index in [1.807, 2.05) is 55.5 Å². The van der Waals surface area contributed by atoms with Gasteiger partial charge in [-0.05, 0) is 48.4 Å². The third-order valence-electron chi connectivity index (χ3n) is 4.60. The molecule has 1 unspecified atom stereocenters. The molecule has 0 aliphatic carbocycles. The Hall–Kier alpha value is -3.51. The van der Waals surface area contributed by atoms with Crippen LogP contribution in [0.25, 0.3) is 0 Å². The first-order valence-corrected chi connectivity index (χ1v) is 10.1. The molecule has 0 bridgehead atoms. The quantitative estimate of drug-likeness (QED) is 0.462. The van der Waals surface area contributed by atoms with Crippen molar-refractivity contribution in [1.82, 2.24) is 0 Å². The number of nitrogens with one attached hydrogen (secondary N) is 3. The van der Waals surface area contributed by atoms with Gasteiger partial charge in [0.15, 0.2) is 0 Å². The SMILES string of the molecule is COc1ccc(C)cc1NC(=O)C(Nc1ccc(NC(C)=O)c(Cl)c1)c1ccccc1. The predicted octanol–water partition coefficient (Wildman–Crippen LogP) is 5.41. The molecular weight excluding hydrogens is 414 g/mol. The molecule has 2 amide bonds. The highest BCUT2D eigenvalue weighted by molar-refractivity contribution is 6.34. The van der Waals surface area contributed by atoms with Crippen molar-refractivity contribution in [3.8, 4) is 5.75 Å². The van der Waals surface area contributed by atoms with Gasteiger partial charge >= 0.3 is 0 Å². The van der Waals surface area contributed by atoms with Crippen LogP contribution in [0.1, 0.15) is 24.1 Å². The van der Waals surface area contributed by atoms with Crippen LogP contribution in [0.4, 0.5) is 17.1 Å². The maximum Gasteiger partial charge on any atom is 0.251 e. The average molecular weight is 438 g/mol. The Kier molecular flexibility index (Phi) is 7.15. The molecule has 0 aliphatic heterocycles. The van der Waals surface area contributed by atoms with E-state index < -0.39 is 6.04 Å². The molecule has 0 aliphatic rings. The predicted molar refractivity (Wildman–Crippen MR) is 125 cm³/mol. The number of methoxy groups -OCH3 is 1. The Morgan fingerprint density at radius 3 is 2.32 bits per heavy atom. The van der Waals surface area contributed by atoms with Gasteiger partial charge in [0.25, 0.3) is 5.91 Å².